The highest BCUT2D eigenvalue weighted by Gasteiger charge is 2.38. The number of hydrogen-bond donors (Lipinski definition) is 0. The lowest BCUT2D eigenvalue weighted by atomic mass is 9.89. The Kier molecular flexibility index (Phi) is 5.92. The van der Waals surface area contributed by atoms with E-state index in [0.717, 1.165) is 16.8 Å². The third kappa shape index (κ3) is 4.47. The zero-order valence-electron chi connectivity index (χ0n) is 18.9. The van der Waals surface area contributed by atoms with Crippen molar-refractivity contribution >= 4 is 11.5 Å². The molecule has 0 bridgehead atoms. The molecule has 5 heteroatoms. The van der Waals surface area contributed by atoms with Gasteiger partial charge in [0.15, 0.2) is 11.4 Å². The van der Waals surface area contributed by atoms with Gasteiger partial charge < -0.3 is 4.84 Å². The van der Waals surface area contributed by atoms with Crippen LogP contribution < -0.4 is 0 Å². The first kappa shape index (κ1) is 21.9. The molecule has 0 amide bonds. The van der Waals surface area contributed by atoms with Gasteiger partial charge in [0.2, 0.25) is 0 Å². The highest BCUT2D eigenvalue weighted by atomic mass is 19.1. The van der Waals surface area contributed by atoms with E-state index in [2.05, 4.69) is 10.1 Å². The second-order valence-corrected chi connectivity index (χ2v) is 9.06. The van der Waals surface area contributed by atoms with Gasteiger partial charge in [0.05, 0.1) is 11.4 Å². The van der Waals surface area contributed by atoms with Gasteiger partial charge in [0, 0.05) is 35.7 Å². The van der Waals surface area contributed by atoms with Gasteiger partial charge in [-0.15, -0.1) is 0 Å². The van der Waals surface area contributed by atoms with Crippen LogP contribution in [0, 0.1) is 18.7 Å². The van der Waals surface area contributed by atoms with Crippen molar-refractivity contribution in [2.75, 3.05) is 0 Å². The predicted molar refractivity (Wildman–Crippen MR) is 124 cm³/mol. The van der Waals surface area contributed by atoms with Crippen molar-refractivity contribution in [2.24, 2.45) is 11.1 Å². The number of ketones is 1. The standard InChI is InChI=1S/C27H27FN2O2/c1-17(2)11-25(31)21-14-19(22-9-8-18(3)12-23(22)28)13-20(15-21)24-16-27(4,32-30-24)26-7-5-6-10-29-26/h5-10,12-15,17H,11,16H2,1-4H3. The SMILES string of the molecule is Cc1ccc(-c2cc(C(=O)CC(C)C)cc(C3=NOC(C)(c4ccccn4)C3)c2)c(F)c1. The van der Waals surface area contributed by atoms with Crippen molar-refractivity contribution in [3.05, 3.63) is 89.0 Å². The third-order valence-corrected chi connectivity index (χ3v) is 5.69. The molecule has 3 aromatic rings. The summed E-state index contributed by atoms with van der Waals surface area (Å²) in [6, 6.07) is 16.3. The summed E-state index contributed by atoms with van der Waals surface area (Å²) in [4.78, 5) is 23.2. The molecule has 0 fully saturated rings. The van der Waals surface area contributed by atoms with Gasteiger partial charge in [-0.2, -0.15) is 0 Å². The summed E-state index contributed by atoms with van der Waals surface area (Å²) in [6.07, 6.45) is 2.65. The molecule has 4 rings (SSSR count). The van der Waals surface area contributed by atoms with Crippen LogP contribution in [0.15, 0.2) is 65.9 Å². The van der Waals surface area contributed by atoms with E-state index in [1.807, 2.05) is 64.1 Å². The molecule has 2 aromatic carbocycles. The fourth-order valence-corrected chi connectivity index (χ4v) is 3.96. The van der Waals surface area contributed by atoms with Crippen LogP contribution in [0.4, 0.5) is 4.39 Å². The third-order valence-electron chi connectivity index (χ3n) is 5.69. The van der Waals surface area contributed by atoms with Gasteiger partial charge in [-0.3, -0.25) is 9.78 Å². The van der Waals surface area contributed by atoms with Crippen molar-refractivity contribution in [3.8, 4) is 11.1 Å². The number of Topliss-reactive ketones (excluding diaryl/α,β-unsaturated/α-hetero) is 1. The molecular formula is C27H27FN2O2. The molecule has 0 radical (unpaired) electrons. The van der Waals surface area contributed by atoms with Crippen molar-refractivity contribution in [2.45, 2.75) is 46.1 Å². The van der Waals surface area contributed by atoms with E-state index in [1.165, 1.54) is 6.07 Å². The lowest BCUT2D eigenvalue weighted by Crippen LogP contribution is -2.23. The van der Waals surface area contributed by atoms with Gasteiger partial charge in [-0.25, -0.2) is 4.39 Å². The van der Waals surface area contributed by atoms with E-state index in [9.17, 15) is 9.18 Å². The van der Waals surface area contributed by atoms with Gasteiger partial charge >= 0.3 is 0 Å². The molecule has 1 aromatic heterocycles. The van der Waals surface area contributed by atoms with Gasteiger partial charge in [0.25, 0.3) is 0 Å². The first-order valence-electron chi connectivity index (χ1n) is 10.9. The van der Waals surface area contributed by atoms with E-state index in [0.29, 0.717) is 35.2 Å². The topological polar surface area (TPSA) is 51.5 Å². The number of halogens is 1. The quantitative estimate of drug-likeness (QED) is 0.422. The summed E-state index contributed by atoms with van der Waals surface area (Å²) in [6.45, 7) is 7.81. The summed E-state index contributed by atoms with van der Waals surface area (Å²) in [5, 5.41) is 4.34. The lowest BCUT2D eigenvalue weighted by Gasteiger charge is -2.20. The second-order valence-electron chi connectivity index (χ2n) is 9.06. The van der Waals surface area contributed by atoms with Crippen molar-refractivity contribution in [1.29, 1.82) is 0 Å². The molecule has 1 atom stereocenters. The van der Waals surface area contributed by atoms with Gasteiger partial charge in [-0.1, -0.05) is 37.2 Å². The number of carbonyl (C=O) groups is 1. The molecule has 164 valence electrons. The normalized spacial score (nSPS) is 17.9. The number of hydrogen-bond acceptors (Lipinski definition) is 4. The Morgan fingerprint density at radius 3 is 2.59 bits per heavy atom. The number of aryl methyl sites for hydroxylation is 1. The summed E-state index contributed by atoms with van der Waals surface area (Å²) < 4.78 is 14.8. The molecule has 0 saturated heterocycles. The highest BCUT2D eigenvalue weighted by Crippen LogP contribution is 2.36. The maximum atomic E-state index is 14.8. The Balaban J connectivity index is 1.75. The maximum absolute atomic E-state index is 14.8. The molecule has 0 N–H and O–H groups in total. The molecule has 0 spiro atoms. The van der Waals surface area contributed by atoms with Crippen LogP contribution in [-0.2, 0) is 10.4 Å². The average Bonchev–Trinajstić information content (AvgIpc) is 3.17. The first-order valence-corrected chi connectivity index (χ1v) is 10.9. The van der Waals surface area contributed by atoms with Crippen LogP contribution >= 0.6 is 0 Å². The van der Waals surface area contributed by atoms with Crippen LogP contribution in [0.2, 0.25) is 0 Å². The van der Waals surface area contributed by atoms with Crippen LogP contribution in [0.1, 0.15) is 60.8 Å². The van der Waals surface area contributed by atoms with E-state index in [4.69, 9.17) is 4.84 Å². The minimum atomic E-state index is -0.691. The Labute approximate surface area is 188 Å². The zero-order valence-corrected chi connectivity index (χ0v) is 18.9. The predicted octanol–water partition coefficient (Wildman–Crippen LogP) is 6.46. The van der Waals surface area contributed by atoms with Crippen LogP contribution in [0.3, 0.4) is 0 Å². The number of aromatic nitrogens is 1. The number of carbonyl (C=O) groups excluding carboxylic acids is 1. The fraction of sp³-hybridized carbons (Fsp3) is 0.296. The molecule has 1 aliphatic heterocycles. The molecule has 32 heavy (non-hydrogen) atoms. The molecule has 4 nitrogen and oxygen atoms in total. The zero-order chi connectivity index (χ0) is 22.9. The van der Waals surface area contributed by atoms with E-state index in [-0.39, 0.29) is 17.5 Å². The van der Waals surface area contributed by atoms with E-state index < -0.39 is 5.60 Å². The number of nitrogens with zero attached hydrogens (tertiary/aromatic N) is 2. The summed E-state index contributed by atoms with van der Waals surface area (Å²) in [5.74, 6) is -0.0553. The minimum Gasteiger partial charge on any atom is -0.382 e. The minimum absolute atomic E-state index is 0.0302. The van der Waals surface area contributed by atoms with Crippen LogP contribution in [-0.4, -0.2) is 16.5 Å². The van der Waals surface area contributed by atoms with Crippen molar-refractivity contribution < 1.29 is 14.0 Å². The number of pyridine rings is 1. The van der Waals surface area contributed by atoms with E-state index >= 15 is 0 Å². The van der Waals surface area contributed by atoms with Crippen LogP contribution in [0.5, 0.6) is 0 Å². The Morgan fingerprint density at radius 1 is 1.12 bits per heavy atom. The lowest BCUT2D eigenvalue weighted by molar-refractivity contribution is -0.0108. The Morgan fingerprint density at radius 2 is 1.91 bits per heavy atom. The van der Waals surface area contributed by atoms with Gasteiger partial charge in [0.1, 0.15) is 5.82 Å². The fourth-order valence-electron chi connectivity index (χ4n) is 3.96. The van der Waals surface area contributed by atoms with Crippen molar-refractivity contribution in [3.63, 3.8) is 0 Å². The molecule has 1 aliphatic rings. The average molecular weight is 431 g/mol. The molecule has 2 heterocycles. The summed E-state index contributed by atoms with van der Waals surface area (Å²) >= 11 is 0. The maximum Gasteiger partial charge on any atom is 0.182 e. The molecule has 1 unspecified atom stereocenters. The number of rotatable bonds is 6. The monoisotopic (exact) mass is 430 g/mol. The molecule has 0 aliphatic carbocycles. The first-order chi connectivity index (χ1) is 15.2. The second kappa shape index (κ2) is 8.65. The molecular weight excluding hydrogens is 403 g/mol. The molecule has 0 saturated carbocycles. The Bertz CT molecular complexity index is 1190. The van der Waals surface area contributed by atoms with Crippen LogP contribution in [0.25, 0.3) is 11.1 Å². The Hall–Kier alpha value is -3.34. The smallest absolute Gasteiger partial charge is 0.182 e. The highest BCUT2D eigenvalue weighted by molar-refractivity contribution is 6.06. The summed E-state index contributed by atoms with van der Waals surface area (Å²) in [5.41, 5.74) is 4.09. The largest absolute Gasteiger partial charge is 0.382 e. The summed E-state index contributed by atoms with van der Waals surface area (Å²) in [7, 11) is 0. The van der Waals surface area contributed by atoms with Crippen molar-refractivity contribution in [1.82, 2.24) is 4.98 Å². The van der Waals surface area contributed by atoms with E-state index in [1.54, 1.807) is 18.3 Å². The number of benzene rings is 2. The number of oxime groups is 1. The van der Waals surface area contributed by atoms with Gasteiger partial charge in [-0.05, 0) is 67.3 Å².